The Morgan fingerprint density at radius 2 is 1.82 bits per heavy atom. The van der Waals surface area contributed by atoms with E-state index in [0.29, 0.717) is 18.7 Å². The molecule has 144 valence electrons. The van der Waals surface area contributed by atoms with Gasteiger partial charge in [0.1, 0.15) is 5.82 Å². The van der Waals surface area contributed by atoms with Crippen LogP contribution in [0.1, 0.15) is 24.0 Å². The molecule has 6 heteroatoms. The number of anilines is 1. The average Bonchev–Trinajstić information content (AvgIpc) is 2.68. The van der Waals surface area contributed by atoms with Gasteiger partial charge in [-0.2, -0.15) is 5.10 Å². The summed E-state index contributed by atoms with van der Waals surface area (Å²) in [6, 6.07) is 14.8. The van der Waals surface area contributed by atoms with Crippen molar-refractivity contribution in [2.24, 2.45) is 0 Å². The number of nitrogens with zero attached hydrogens (tertiary/aromatic N) is 2. The third kappa shape index (κ3) is 4.71. The minimum Gasteiger partial charge on any atom is -0.326 e. The molecule has 0 spiro atoms. The van der Waals surface area contributed by atoms with Gasteiger partial charge in [0, 0.05) is 30.3 Å². The van der Waals surface area contributed by atoms with Crippen LogP contribution in [-0.2, 0) is 11.3 Å². The number of benzene rings is 2. The maximum absolute atomic E-state index is 13.1. The predicted octanol–water partition coefficient (Wildman–Crippen LogP) is 4.09. The lowest BCUT2D eigenvalue weighted by Gasteiger charge is -2.11. The minimum absolute atomic E-state index is 0.101. The molecular weight excluding hydrogens is 357 g/mol. The lowest BCUT2D eigenvalue weighted by molar-refractivity contribution is -0.116. The standard InChI is InChI=1S/C22H22FN3O2/c1-15-5-3-6-19(16(15)2)24-21(27)7-4-14-26-22(28)13-12-20(25-26)17-8-10-18(23)11-9-17/h3,5-6,8-13H,4,7,14H2,1-2H3,(H,24,27). The number of aryl methyl sites for hydroxylation is 2. The van der Waals surface area contributed by atoms with Gasteiger partial charge in [0.05, 0.1) is 5.69 Å². The number of carbonyl (C=O) groups is 1. The Morgan fingerprint density at radius 3 is 2.57 bits per heavy atom. The summed E-state index contributed by atoms with van der Waals surface area (Å²) in [5, 5.41) is 7.24. The van der Waals surface area contributed by atoms with E-state index in [2.05, 4.69) is 10.4 Å². The Hall–Kier alpha value is -3.28. The number of nitrogens with one attached hydrogen (secondary N) is 1. The van der Waals surface area contributed by atoms with Gasteiger partial charge in [-0.1, -0.05) is 12.1 Å². The predicted molar refractivity (Wildman–Crippen MR) is 108 cm³/mol. The van der Waals surface area contributed by atoms with E-state index in [4.69, 9.17) is 0 Å². The normalized spacial score (nSPS) is 10.7. The van der Waals surface area contributed by atoms with Crippen LogP contribution >= 0.6 is 0 Å². The molecule has 3 rings (SSSR count). The van der Waals surface area contributed by atoms with Crippen LogP contribution in [0.5, 0.6) is 0 Å². The third-order valence-corrected chi connectivity index (χ3v) is 4.66. The molecule has 28 heavy (non-hydrogen) atoms. The molecule has 0 saturated carbocycles. The SMILES string of the molecule is Cc1cccc(NC(=O)CCCn2nc(-c3ccc(F)cc3)ccc2=O)c1C. The Labute approximate surface area is 162 Å². The topological polar surface area (TPSA) is 64.0 Å². The van der Waals surface area contributed by atoms with Crippen molar-refractivity contribution < 1.29 is 9.18 Å². The molecule has 1 amide bonds. The maximum Gasteiger partial charge on any atom is 0.266 e. The summed E-state index contributed by atoms with van der Waals surface area (Å²) >= 11 is 0. The van der Waals surface area contributed by atoms with Crippen LogP contribution in [0.4, 0.5) is 10.1 Å². The Kier molecular flexibility index (Phi) is 5.99. The first kappa shape index (κ1) is 19.5. The van der Waals surface area contributed by atoms with Gasteiger partial charge in [-0.15, -0.1) is 0 Å². The van der Waals surface area contributed by atoms with E-state index in [1.54, 1.807) is 18.2 Å². The van der Waals surface area contributed by atoms with E-state index < -0.39 is 0 Å². The van der Waals surface area contributed by atoms with Crippen molar-refractivity contribution in [3.63, 3.8) is 0 Å². The fourth-order valence-electron chi connectivity index (χ4n) is 2.87. The van der Waals surface area contributed by atoms with Gasteiger partial charge < -0.3 is 5.32 Å². The zero-order valence-corrected chi connectivity index (χ0v) is 15.9. The lowest BCUT2D eigenvalue weighted by Crippen LogP contribution is -2.23. The Morgan fingerprint density at radius 1 is 1.07 bits per heavy atom. The quantitative estimate of drug-likeness (QED) is 0.702. The Bertz CT molecular complexity index is 1040. The molecule has 0 unspecified atom stereocenters. The van der Waals surface area contributed by atoms with Gasteiger partial charge in [0.25, 0.3) is 5.56 Å². The molecule has 1 N–H and O–H groups in total. The van der Waals surface area contributed by atoms with Gasteiger partial charge >= 0.3 is 0 Å². The molecule has 0 atom stereocenters. The summed E-state index contributed by atoms with van der Waals surface area (Å²) in [5.41, 5.74) is 4.04. The summed E-state index contributed by atoms with van der Waals surface area (Å²) in [6.07, 6.45) is 0.763. The summed E-state index contributed by atoms with van der Waals surface area (Å²) in [4.78, 5) is 24.3. The molecule has 0 fully saturated rings. The number of carbonyl (C=O) groups excluding carboxylic acids is 1. The van der Waals surface area contributed by atoms with Gasteiger partial charge in [0.2, 0.25) is 5.91 Å². The van der Waals surface area contributed by atoms with E-state index >= 15 is 0 Å². The molecule has 5 nitrogen and oxygen atoms in total. The van der Waals surface area contributed by atoms with Crippen molar-refractivity contribution >= 4 is 11.6 Å². The zero-order chi connectivity index (χ0) is 20.1. The highest BCUT2D eigenvalue weighted by Gasteiger charge is 2.08. The molecule has 0 bridgehead atoms. The van der Waals surface area contributed by atoms with Crippen LogP contribution in [0, 0.1) is 19.7 Å². The molecule has 0 radical (unpaired) electrons. The molecule has 1 aromatic heterocycles. The van der Waals surface area contributed by atoms with E-state index in [1.165, 1.54) is 22.9 Å². The van der Waals surface area contributed by atoms with Crippen LogP contribution in [-0.4, -0.2) is 15.7 Å². The van der Waals surface area contributed by atoms with Crippen molar-refractivity contribution in [1.82, 2.24) is 9.78 Å². The fourth-order valence-corrected chi connectivity index (χ4v) is 2.87. The zero-order valence-electron chi connectivity index (χ0n) is 15.9. The third-order valence-electron chi connectivity index (χ3n) is 4.66. The summed E-state index contributed by atoms with van der Waals surface area (Å²) in [7, 11) is 0. The van der Waals surface area contributed by atoms with E-state index in [0.717, 1.165) is 22.4 Å². The van der Waals surface area contributed by atoms with Crippen LogP contribution < -0.4 is 10.9 Å². The molecule has 0 aliphatic heterocycles. The van der Waals surface area contributed by atoms with Crippen LogP contribution in [0.15, 0.2) is 59.4 Å². The van der Waals surface area contributed by atoms with Crippen molar-refractivity contribution in [3.05, 3.63) is 81.9 Å². The molecule has 1 heterocycles. The van der Waals surface area contributed by atoms with Crippen LogP contribution in [0.3, 0.4) is 0 Å². The van der Waals surface area contributed by atoms with Gasteiger partial charge in [-0.3, -0.25) is 9.59 Å². The van der Waals surface area contributed by atoms with Crippen molar-refractivity contribution in [1.29, 1.82) is 0 Å². The van der Waals surface area contributed by atoms with Crippen molar-refractivity contribution in [2.45, 2.75) is 33.2 Å². The van der Waals surface area contributed by atoms with Crippen LogP contribution in [0.25, 0.3) is 11.3 Å². The number of rotatable bonds is 6. The summed E-state index contributed by atoms with van der Waals surface area (Å²) < 4.78 is 14.4. The second-order valence-electron chi connectivity index (χ2n) is 6.69. The number of hydrogen-bond acceptors (Lipinski definition) is 3. The van der Waals surface area contributed by atoms with Crippen molar-refractivity contribution in [3.8, 4) is 11.3 Å². The van der Waals surface area contributed by atoms with E-state index in [9.17, 15) is 14.0 Å². The lowest BCUT2D eigenvalue weighted by atomic mass is 10.1. The van der Waals surface area contributed by atoms with Crippen LogP contribution in [0.2, 0.25) is 0 Å². The van der Waals surface area contributed by atoms with E-state index in [-0.39, 0.29) is 23.7 Å². The minimum atomic E-state index is -0.327. The second kappa shape index (κ2) is 8.61. The summed E-state index contributed by atoms with van der Waals surface area (Å²) in [5.74, 6) is -0.427. The highest BCUT2D eigenvalue weighted by atomic mass is 19.1. The smallest absolute Gasteiger partial charge is 0.266 e. The highest BCUT2D eigenvalue weighted by molar-refractivity contribution is 5.91. The monoisotopic (exact) mass is 379 g/mol. The number of aromatic nitrogens is 2. The molecule has 2 aromatic carbocycles. The van der Waals surface area contributed by atoms with Gasteiger partial charge in [-0.25, -0.2) is 9.07 Å². The number of amides is 1. The maximum atomic E-state index is 13.1. The molecule has 0 aliphatic rings. The first-order valence-corrected chi connectivity index (χ1v) is 9.14. The van der Waals surface area contributed by atoms with E-state index in [1.807, 2.05) is 32.0 Å². The molecule has 3 aromatic rings. The molecule has 0 saturated heterocycles. The first-order chi connectivity index (χ1) is 13.4. The largest absolute Gasteiger partial charge is 0.326 e. The summed E-state index contributed by atoms with van der Waals surface area (Å²) in [6.45, 7) is 4.29. The highest BCUT2D eigenvalue weighted by Crippen LogP contribution is 2.18. The average molecular weight is 379 g/mol. The van der Waals surface area contributed by atoms with Gasteiger partial charge in [0.15, 0.2) is 0 Å². The molecule has 0 aliphatic carbocycles. The fraction of sp³-hybridized carbons (Fsp3) is 0.227. The number of hydrogen-bond donors (Lipinski definition) is 1. The van der Waals surface area contributed by atoms with Gasteiger partial charge in [-0.05, 0) is 67.8 Å². The first-order valence-electron chi connectivity index (χ1n) is 9.14. The Balaban J connectivity index is 1.62. The second-order valence-corrected chi connectivity index (χ2v) is 6.69. The van der Waals surface area contributed by atoms with Crippen molar-refractivity contribution in [2.75, 3.05) is 5.32 Å². The molecular formula is C22H22FN3O2. The number of halogens is 1.